The van der Waals surface area contributed by atoms with Crippen LogP contribution in [0.2, 0.25) is 0 Å². The highest BCUT2D eigenvalue weighted by Gasteiger charge is 1.94. The number of rotatable bonds is 13. The first-order valence-electron chi connectivity index (χ1n) is 8.61. The molecule has 114 valence electrons. The van der Waals surface area contributed by atoms with E-state index in [2.05, 4.69) is 25.1 Å². The number of unbranched alkanes of at least 4 members (excludes halogenated alkanes) is 9. The summed E-state index contributed by atoms with van der Waals surface area (Å²) in [4.78, 5) is 0. The minimum Gasteiger partial charge on any atom is -0.469 e. The molecule has 0 saturated carbocycles. The summed E-state index contributed by atoms with van der Waals surface area (Å²) in [5.41, 5.74) is 0. The molecule has 0 radical (unpaired) electrons. The molecule has 0 amide bonds. The van der Waals surface area contributed by atoms with Crippen molar-refractivity contribution < 1.29 is 4.42 Å². The average Bonchev–Trinajstić information content (AvgIpc) is 2.97. The van der Waals surface area contributed by atoms with Gasteiger partial charge in [0, 0.05) is 6.42 Å². The first-order valence-corrected chi connectivity index (χ1v) is 8.61. The highest BCUT2D eigenvalue weighted by atomic mass is 16.3. The second-order valence-corrected chi connectivity index (χ2v) is 5.71. The predicted molar refractivity (Wildman–Crippen MR) is 88.0 cm³/mol. The van der Waals surface area contributed by atoms with Gasteiger partial charge < -0.3 is 4.42 Å². The fraction of sp³-hybridized carbons (Fsp3) is 0.684. The van der Waals surface area contributed by atoms with Crippen LogP contribution in [-0.2, 0) is 6.42 Å². The normalized spacial score (nSPS) is 11.4. The summed E-state index contributed by atoms with van der Waals surface area (Å²) in [7, 11) is 0. The number of hydrogen-bond acceptors (Lipinski definition) is 1. The fourth-order valence-electron chi connectivity index (χ4n) is 2.47. The zero-order chi connectivity index (χ0) is 14.3. The molecule has 20 heavy (non-hydrogen) atoms. The summed E-state index contributed by atoms with van der Waals surface area (Å²) in [6.45, 7) is 2.28. The van der Waals surface area contributed by atoms with Crippen LogP contribution in [0.15, 0.2) is 35.0 Å². The van der Waals surface area contributed by atoms with E-state index in [1.54, 1.807) is 6.26 Å². The van der Waals surface area contributed by atoms with E-state index in [9.17, 15) is 0 Å². The van der Waals surface area contributed by atoms with Crippen molar-refractivity contribution in [3.8, 4) is 0 Å². The van der Waals surface area contributed by atoms with Crippen molar-refractivity contribution in [1.82, 2.24) is 0 Å². The van der Waals surface area contributed by atoms with Crippen molar-refractivity contribution >= 4 is 0 Å². The Balaban J connectivity index is 1.78. The van der Waals surface area contributed by atoms with E-state index in [0.717, 1.165) is 12.2 Å². The van der Waals surface area contributed by atoms with Gasteiger partial charge in [0.25, 0.3) is 0 Å². The van der Waals surface area contributed by atoms with Crippen LogP contribution in [0.4, 0.5) is 0 Å². The highest BCUT2D eigenvalue weighted by Crippen LogP contribution is 2.10. The van der Waals surface area contributed by atoms with Crippen LogP contribution in [0.1, 0.15) is 83.3 Å². The quantitative estimate of drug-likeness (QED) is 0.289. The molecule has 1 aromatic rings. The van der Waals surface area contributed by atoms with Gasteiger partial charge in [-0.25, -0.2) is 0 Å². The van der Waals surface area contributed by atoms with E-state index in [1.165, 1.54) is 70.6 Å². The predicted octanol–water partition coefficient (Wildman–Crippen LogP) is 6.69. The molecule has 0 atom stereocenters. The van der Waals surface area contributed by atoms with Crippen molar-refractivity contribution in [3.63, 3.8) is 0 Å². The van der Waals surface area contributed by atoms with Crippen molar-refractivity contribution in [2.45, 2.75) is 84.0 Å². The minimum atomic E-state index is 1.08. The third-order valence-electron chi connectivity index (χ3n) is 3.77. The van der Waals surface area contributed by atoms with Crippen LogP contribution < -0.4 is 0 Å². The molecule has 0 aliphatic rings. The molecule has 0 spiro atoms. The number of allylic oxidation sites excluding steroid dienone is 2. The Morgan fingerprint density at radius 2 is 1.50 bits per heavy atom. The summed E-state index contributed by atoms with van der Waals surface area (Å²) in [5, 5.41) is 0. The molecule has 1 heterocycles. The van der Waals surface area contributed by atoms with Crippen LogP contribution in [0.25, 0.3) is 0 Å². The zero-order valence-corrected chi connectivity index (χ0v) is 13.3. The standard InChI is InChI=1S/C19H32O/c1-2-3-4-5-6-7-8-9-10-11-12-13-14-16-19-17-15-18-20-19/h10-11,15,17-18H,2-9,12-14,16H2,1H3. The van der Waals surface area contributed by atoms with Gasteiger partial charge in [0.05, 0.1) is 6.26 Å². The maximum absolute atomic E-state index is 5.32. The second kappa shape index (κ2) is 13.0. The molecular weight excluding hydrogens is 244 g/mol. The van der Waals surface area contributed by atoms with E-state index in [1.807, 2.05) is 6.07 Å². The van der Waals surface area contributed by atoms with Gasteiger partial charge in [0.15, 0.2) is 0 Å². The minimum absolute atomic E-state index is 1.08. The molecule has 1 rings (SSSR count). The number of furan rings is 1. The molecule has 1 aromatic heterocycles. The van der Waals surface area contributed by atoms with Crippen molar-refractivity contribution in [1.29, 1.82) is 0 Å². The van der Waals surface area contributed by atoms with E-state index in [0.29, 0.717) is 0 Å². The van der Waals surface area contributed by atoms with Gasteiger partial charge >= 0.3 is 0 Å². The molecule has 0 unspecified atom stereocenters. The molecule has 0 aliphatic carbocycles. The van der Waals surface area contributed by atoms with Gasteiger partial charge in [0.1, 0.15) is 5.76 Å². The molecule has 1 nitrogen and oxygen atoms in total. The molecule has 0 bridgehead atoms. The van der Waals surface area contributed by atoms with Gasteiger partial charge in [-0.15, -0.1) is 0 Å². The van der Waals surface area contributed by atoms with Crippen LogP contribution >= 0.6 is 0 Å². The molecule has 0 N–H and O–H groups in total. The Labute approximate surface area is 125 Å². The lowest BCUT2D eigenvalue weighted by Crippen LogP contribution is -1.81. The monoisotopic (exact) mass is 276 g/mol. The van der Waals surface area contributed by atoms with Crippen molar-refractivity contribution in [3.05, 3.63) is 36.3 Å². The lowest BCUT2D eigenvalue weighted by atomic mass is 10.1. The lowest BCUT2D eigenvalue weighted by molar-refractivity contribution is 0.498. The lowest BCUT2D eigenvalue weighted by Gasteiger charge is -1.99. The summed E-state index contributed by atoms with van der Waals surface area (Å²) >= 11 is 0. The average molecular weight is 276 g/mol. The summed E-state index contributed by atoms with van der Waals surface area (Å²) in [6.07, 6.45) is 22.4. The molecule has 0 aliphatic heterocycles. The molecule has 0 fully saturated rings. The van der Waals surface area contributed by atoms with E-state index < -0.39 is 0 Å². The smallest absolute Gasteiger partial charge is 0.103 e. The van der Waals surface area contributed by atoms with E-state index >= 15 is 0 Å². The fourth-order valence-corrected chi connectivity index (χ4v) is 2.47. The summed E-state index contributed by atoms with van der Waals surface area (Å²) in [5.74, 6) is 1.12. The van der Waals surface area contributed by atoms with Crippen LogP contribution in [0, 0.1) is 0 Å². The number of hydrogen-bond donors (Lipinski definition) is 0. The van der Waals surface area contributed by atoms with Crippen molar-refractivity contribution in [2.75, 3.05) is 0 Å². The molecule has 0 aromatic carbocycles. The zero-order valence-electron chi connectivity index (χ0n) is 13.3. The molecule has 1 heteroatoms. The van der Waals surface area contributed by atoms with Crippen LogP contribution in [0.5, 0.6) is 0 Å². The summed E-state index contributed by atoms with van der Waals surface area (Å²) < 4.78 is 5.32. The summed E-state index contributed by atoms with van der Waals surface area (Å²) in [6, 6.07) is 4.04. The van der Waals surface area contributed by atoms with Gasteiger partial charge in [-0.2, -0.15) is 0 Å². The SMILES string of the molecule is CCCCCCCCCC=CCCCCc1ccco1. The van der Waals surface area contributed by atoms with Crippen LogP contribution in [0.3, 0.4) is 0 Å². The maximum atomic E-state index is 5.32. The Morgan fingerprint density at radius 3 is 2.15 bits per heavy atom. The maximum Gasteiger partial charge on any atom is 0.103 e. The van der Waals surface area contributed by atoms with Crippen LogP contribution in [-0.4, -0.2) is 0 Å². The molecular formula is C19H32O. The van der Waals surface area contributed by atoms with Gasteiger partial charge in [0.2, 0.25) is 0 Å². The Morgan fingerprint density at radius 1 is 0.850 bits per heavy atom. The van der Waals surface area contributed by atoms with Gasteiger partial charge in [-0.05, 0) is 44.2 Å². The second-order valence-electron chi connectivity index (χ2n) is 5.71. The Hall–Kier alpha value is -0.980. The Bertz CT molecular complexity index is 311. The van der Waals surface area contributed by atoms with E-state index in [4.69, 9.17) is 4.42 Å². The van der Waals surface area contributed by atoms with Gasteiger partial charge in [-0.3, -0.25) is 0 Å². The third kappa shape index (κ3) is 9.89. The number of aryl methyl sites for hydroxylation is 1. The first-order chi connectivity index (χ1) is 9.93. The first kappa shape index (κ1) is 17.1. The highest BCUT2D eigenvalue weighted by molar-refractivity contribution is 4.97. The third-order valence-corrected chi connectivity index (χ3v) is 3.77. The largest absolute Gasteiger partial charge is 0.469 e. The van der Waals surface area contributed by atoms with E-state index in [-0.39, 0.29) is 0 Å². The van der Waals surface area contributed by atoms with Gasteiger partial charge in [-0.1, -0.05) is 57.6 Å². The Kier molecular flexibility index (Phi) is 11.1. The van der Waals surface area contributed by atoms with Crippen molar-refractivity contribution in [2.24, 2.45) is 0 Å². The topological polar surface area (TPSA) is 13.1 Å². The molecule has 0 saturated heterocycles.